The van der Waals surface area contributed by atoms with E-state index < -0.39 is 0 Å². The Morgan fingerprint density at radius 1 is 1.17 bits per heavy atom. The highest BCUT2D eigenvalue weighted by Gasteiger charge is 2.23. The molecule has 128 valence electrons. The Bertz CT molecular complexity index is 727. The van der Waals surface area contributed by atoms with E-state index in [4.69, 9.17) is 27.6 Å². The summed E-state index contributed by atoms with van der Waals surface area (Å²) in [6, 6.07) is 5.99. The fourth-order valence-electron chi connectivity index (χ4n) is 2.67. The summed E-state index contributed by atoms with van der Waals surface area (Å²) in [5.74, 6) is 0.688. The Kier molecular flexibility index (Phi) is 5.26. The maximum absolute atomic E-state index is 12.4. The fourth-order valence-corrected chi connectivity index (χ4v) is 2.99. The van der Waals surface area contributed by atoms with E-state index in [1.807, 2.05) is 21.9 Å². The molecule has 2 heterocycles. The molecule has 0 N–H and O–H groups in total. The molecule has 1 amide bonds. The van der Waals surface area contributed by atoms with Crippen LogP contribution < -0.4 is 4.90 Å². The third-order valence-corrected chi connectivity index (χ3v) is 4.77. The van der Waals surface area contributed by atoms with Gasteiger partial charge in [-0.05, 0) is 24.1 Å². The van der Waals surface area contributed by atoms with E-state index in [9.17, 15) is 4.79 Å². The van der Waals surface area contributed by atoms with Crippen LogP contribution in [0.4, 0.5) is 6.01 Å². The number of halogens is 2. The fraction of sp³-hybridized carbons (Fsp3) is 0.438. The summed E-state index contributed by atoms with van der Waals surface area (Å²) in [5, 5.41) is 8.89. The largest absolute Gasteiger partial charge is 0.408 e. The van der Waals surface area contributed by atoms with Crippen molar-refractivity contribution in [1.29, 1.82) is 0 Å². The molecule has 0 saturated carbocycles. The molecule has 1 aromatic heterocycles. The van der Waals surface area contributed by atoms with Gasteiger partial charge < -0.3 is 14.2 Å². The van der Waals surface area contributed by atoms with Gasteiger partial charge in [0.25, 0.3) is 0 Å². The van der Waals surface area contributed by atoms with Crippen LogP contribution >= 0.6 is 23.2 Å². The number of aryl methyl sites for hydroxylation is 2. The minimum atomic E-state index is 0.141. The van der Waals surface area contributed by atoms with E-state index in [1.54, 1.807) is 13.0 Å². The van der Waals surface area contributed by atoms with Crippen LogP contribution in [0.1, 0.15) is 17.9 Å². The topological polar surface area (TPSA) is 62.5 Å². The monoisotopic (exact) mass is 368 g/mol. The van der Waals surface area contributed by atoms with E-state index in [2.05, 4.69) is 10.2 Å². The molecule has 0 atom stereocenters. The lowest BCUT2D eigenvalue weighted by molar-refractivity contribution is -0.131. The van der Waals surface area contributed by atoms with Crippen molar-refractivity contribution in [3.8, 4) is 0 Å². The standard InChI is InChI=1S/C16H18Cl2N4O2/c1-11-19-20-16(24-11)22-8-6-21(7-9-22)15(23)5-3-12-2-4-13(17)14(18)10-12/h2,4,10H,3,5-9H2,1H3. The molecule has 1 saturated heterocycles. The van der Waals surface area contributed by atoms with E-state index in [0.717, 1.165) is 5.56 Å². The number of carbonyl (C=O) groups excluding carboxylic acids is 1. The Hall–Kier alpha value is -1.79. The lowest BCUT2D eigenvalue weighted by Crippen LogP contribution is -2.49. The van der Waals surface area contributed by atoms with Crippen LogP contribution in [0.25, 0.3) is 0 Å². The molecule has 1 aliphatic rings. The van der Waals surface area contributed by atoms with Crippen molar-refractivity contribution < 1.29 is 9.21 Å². The Balaban J connectivity index is 1.49. The van der Waals surface area contributed by atoms with Crippen LogP contribution in [0.2, 0.25) is 10.0 Å². The Morgan fingerprint density at radius 3 is 2.54 bits per heavy atom. The van der Waals surface area contributed by atoms with Gasteiger partial charge in [0.1, 0.15) is 0 Å². The number of nitrogens with zero attached hydrogens (tertiary/aromatic N) is 4. The van der Waals surface area contributed by atoms with E-state index in [-0.39, 0.29) is 5.91 Å². The van der Waals surface area contributed by atoms with Gasteiger partial charge in [-0.1, -0.05) is 34.4 Å². The third-order valence-electron chi connectivity index (χ3n) is 4.03. The highest BCUT2D eigenvalue weighted by atomic mass is 35.5. The molecule has 0 bridgehead atoms. The minimum absolute atomic E-state index is 0.141. The molecule has 3 rings (SSSR count). The van der Waals surface area contributed by atoms with E-state index >= 15 is 0 Å². The number of benzene rings is 1. The molecule has 0 aliphatic carbocycles. The van der Waals surface area contributed by atoms with Crippen LogP contribution in [0.5, 0.6) is 0 Å². The zero-order valence-electron chi connectivity index (χ0n) is 13.3. The van der Waals surface area contributed by atoms with Gasteiger partial charge >= 0.3 is 6.01 Å². The van der Waals surface area contributed by atoms with Gasteiger partial charge in [0.05, 0.1) is 10.0 Å². The normalized spacial score (nSPS) is 15.0. The molecule has 1 aliphatic heterocycles. The number of aromatic nitrogens is 2. The van der Waals surface area contributed by atoms with Crippen LogP contribution in [-0.4, -0.2) is 47.2 Å². The second-order valence-corrected chi connectivity index (χ2v) is 6.53. The van der Waals surface area contributed by atoms with Crippen molar-refractivity contribution in [3.63, 3.8) is 0 Å². The zero-order chi connectivity index (χ0) is 17.1. The number of hydrogen-bond acceptors (Lipinski definition) is 5. The maximum Gasteiger partial charge on any atom is 0.318 e. The Morgan fingerprint density at radius 2 is 1.92 bits per heavy atom. The second kappa shape index (κ2) is 7.40. The van der Waals surface area contributed by atoms with Gasteiger partial charge in [0.15, 0.2) is 0 Å². The molecule has 0 spiro atoms. The van der Waals surface area contributed by atoms with Crippen molar-refractivity contribution in [1.82, 2.24) is 15.1 Å². The number of amides is 1. The summed E-state index contributed by atoms with van der Waals surface area (Å²) < 4.78 is 5.42. The van der Waals surface area contributed by atoms with Gasteiger partial charge in [-0.25, -0.2) is 0 Å². The molecular weight excluding hydrogens is 351 g/mol. The number of hydrogen-bond donors (Lipinski definition) is 0. The summed E-state index contributed by atoms with van der Waals surface area (Å²) in [5.41, 5.74) is 1.01. The average Bonchev–Trinajstić information content (AvgIpc) is 3.02. The van der Waals surface area contributed by atoms with Crippen LogP contribution in [-0.2, 0) is 11.2 Å². The molecule has 24 heavy (non-hydrogen) atoms. The molecular formula is C16H18Cl2N4O2. The maximum atomic E-state index is 12.4. The number of anilines is 1. The minimum Gasteiger partial charge on any atom is -0.408 e. The van der Waals surface area contributed by atoms with Crippen molar-refractivity contribution >= 4 is 35.1 Å². The molecule has 1 fully saturated rings. The molecule has 6 nitrogen and oxygen atoms in total. The molecule has 1 aromatic carbocycles. The first-order valence-electron chi connectivity index (χ1n) is 7.79. The second-order valence-electron chi connectivity index (χ2n) is 5.72. The quantitative estimate of drug-likeness (QED) is 0.829. The highest BCUT2D eigenvalue weighted by Crippen LogP contribution is 2.23. The van der Waals surface area contributed by atoms with Crippen molar-refractivity contribution in [2.45, 2.75) is 19.8 Å². The van der Waals surface area contributed by atoms with Gasteiger partial charge in [-0.3, -0.25) is 4.79 Å². The smallest absolute Gasteiger partial charge is 0.318 e. The van der Waals surface area contributed by atoms with E-state index in [1.165, 1.54) is 0 Å². The van der Waals surface area contributed by atoms with Crippen molar-refractivity contribution in [3.05, 3.63) is 39.7 Å². The first-order chi connectivity index (χ1) is 11.5. The lowest BCUT2D eigenvalue weighted by atomic mass is 10.1. The summed E-state index contributed by atoms with van der Waals surface area (Å²) in [6.07, 6.45) is 1.11. The zero-order valence-corrected chi connectivity index (χ0v) is 14.8. The first kappa shape index (κ1) is 17.0. The average molecular weight is 369 g/mol. The number of carbonyl (C=O) groups is 1. The van der Waals surface area contributed by atoms with Crippen molar-refractivity contribution in [2.75, 3.05) is 31.1 Å². The summed E-state index contributed by atoms with van der Waals surface area (Å²) in [7, 11) is 0. The van der Waals surface area contributed by atoms with E-state index in [0.29, 0.717) is 61.0 Å². The third kappa shape index (κ3) is 3.99. The Labute approximate surface area is 150 Å². The summed E-state index contributed by atoms with van der Waals surface area (Å²) in [6.45, 7) is 4.46. The van der Waals surface area contributed by atoms with Gasteiger partial charge in [-0.2, -0.15) is 0 Å². The molecule has 2 aromatic rings. The molecule has 0 radical (unpaired) electrons. The predicted molar refractivity (Wildman–Crippen MR) is 92.6 cm³/mol. The summed E-state index contributed by atoms with van der Waals surface area (Å²) in [4.78, 5) is 16.2. The number of piperazine rings is 1. The van der Waals surface area contributed by atoms with Crippen molar-refractivity contribution in [2.24, 2.45) is 0 Å². The van der Waals surface area contributed by atoms with Crippen LogP contribution in [0, 0.1) is 6.92 Å². The SMILES string of the molecule is Cc1nnc(N2CCN(C(=O)CCc3ccc(Cl)c(Cl)c3)CC2)o1. The number of rotatable bonds is 4. The van der Waals surface area contributed by atoms with Gasteiger partial charge in [0.2, 0.25) is 11.8 Å². The molecule has 0 unspecified atom stereocenters. The van der Waals surface area contributed by atoms with Gasteiger partial charge in [0, 0.05) is 39.5 Å². The van der Waals surface area contributed by atoms with Crippen LogP contribution in [0.3, 0.4) is 0 Å². The van der Waals surface area contributed by atoms with Crippen LogP contribution in [0.15, 0.2) is 22.6 Å². The lowest BCUT2D eigenvalue weighted by Gasteiger charge is -2.33. The first-order valence-corrected chi connectivity index (χ1v) is 8.55. The summed E-state index contributed by atoms with van der Waals surface area (Å²) >= 11 is 11.9. The molecule has 8 heteroatoms. The van der Waals surface area contributed by atoms with Gasteiger partial charge in [-0.15, -0.1) is 5.10 Å². The predicted octanol–water partition coefficient (Wildman–Crippen LogP) is 2.97. The highest BCUT2D eigenvalue weighted by molar-refractivity contribution is 6.42.